The zero-order valence-corrected chi connectivity index (χ0v) is 19.6. The lowest BCUT2D eigenvalue weighted by Gasteiger charge is -2.36. The summed E-state index contributed by atoms with van der Waals surface area (Å²) in [6.07, 6.45) is 2.56. The molecule has 0 saturated carbocycles. The number of fused-ring (bicyclic) bond motifs is 1. The minimum Gasteiger partial charge on any atom is -0.380 e. The summed E-state index contributed by atoms with van der Waals surface area (Å²) in [5.41, 5.74) is 3.71. The molecule has 9 nitrogen and oxygen atoms in total. The molecule has 0 spiro atoms. The molecule has 1 saturated heterocycles. The Balaban J connectivity index is 1.50. The number of carbonyl (C=O) groups is 1. The standard InChI is InChI=1S/C24H25N3O6S/c1-23(22(28)26-30,34(2,31)32)11-12-27-21-10-7-18(13-19(21)14-25-27)4-3-17-5-8-20(9-6-17)24(29)15-33-16-24/h5-10,13-14,29-30H,11-12,15-16H2,1-2H3,(H,26,28)/t23-/m1/s1. The van der Waals surface area contributed by atoms with Crippen molar-refractivity contribution < 1.29 is 28.3 Å². The summed E-state index contributed by atoms with van der Waals surface area (Å²) in [5.74, 6) is 5.24. The van der Waals surface area contributed by atoms with Gasteiger partial charge in [0.25, 0.3) is 5.91 Å². The summed E-state index contributed by atoms with van der Waals surface area (Å²) in [6, 6.07) is 13.0. The maximum Gasteiger partial charge on any atom is 0.264 e. The minimum absolute atomic E-state index is 0.0617. The molecule has 1 amide bonds. The second-order valence-electron chi connectivity index (χ2n) is 8.69. The molecule has 178 valence electrons. The zero-order valence-electron chi connectivity index (χ0n) is 18.8. The van der Waals surface area contributed by atoms with E-state index in [0.717, 1.165) is 33.8 Å². The van der Waals surface area contributed by atoms with Crippen LogP contribution in [0.3, 0.4) is 0 Å². The molecule has 2 aromatic carbocycles. The van der Waals surface area contributed by atoms with Crippen LogP contribution in [-0.2, 0) is 31.5 Å². The molecule has 3 N–H and O–H groups in total. The fourth-order valence-corrected chi connectivity index (χ4v) is 4.56. The first-order valence-corrected chi connectivity index (χ1v) is 12.5. The van der Waals surface area contributed by atoms with Crippen molar-refractivity contribution in [3.8, 4) is 11.8 Å². The number of aliphatic hydroxyl groups is 1. The fourth-order valence-electron chi connectivity index (χ4n) is 3.72. The third-order valence-electron chi connectivity index (χ3n) is 6.30. The van der Waals surface area contributed by atoms with E-state index in [9.17, 15) is 18.3 Å². The van der Waals surface area contributed by atoms with E-state index in [-0.39, 0.29) is 13.0 Å². The Bertz CT molecular complexity index is 1400. The lowest BCUT2D eigenvalue weighted by molar-refractivity contribution is -0.184. The van der Waals surface area contributed by atoms with Gasteiger partial charge in [0.15, 0.2) is 14.6 Å². The van der Waals surface area contributed by atoms with Gasteiger partial charge in [0.05, 0.1) is 24.9 Å². The minimum atomic E-state index is -3.78. The van der Waals surface area contributed by atoms with Crippen molar-refractivity contribution in [2.75, 3.05) is 19.5 Å². The van der Waals surface area contributed by atoms with E-state index >= 15 is 0 Å². The number of amides is 1. The second kappa shape index (κ2) is 8.85. The predicted molar refractivity (Wildman–Crippen MR) is 125 cm³/mol. The molecule has 3 aromatic rings. The molecule has 1 aromatic heterocycles. The third-order valence-corrected chi connectivity index (χ3v) is 8.32. The van der Waals surface area contributed by atoms with E-state index < -0.39 is 26.1 Å². The highest BCUT2D eigenvalue weighted by Gasteiger charge is 2.43. The second-order valence-corrected chi connectivity index (χ2v) is 11.1. The van der Waals surface area contributed by atoms with Crippen LogP contribution in [0.15, 0.2) is 48.7 Å². The van der Waals surface area contributed by atoms with Crippen LogP contribution < -0.4 is 5.48 Å². The summed E-state index contributed by atoms with van der Waals surface area (Å²) in [7, 11) is -3.78. The van der Waals surface area contributed by atoms with Gasteiger partial charge >= 0.3 is 0 Å². The lowest BCUT2D eigenvalue weighted by Crippen LogP contribution is -2.49. The first kappa shape index (κ1) is 23.9. The number of sulfone groups is 1. The highest BCUT2D eigenvalue weighted by atomic mass is 32.2. The predicted octanol–water partition coefficient (Wildman–Crippen LogP) is 1.35. The molecule has 0 bridgehead atoms. The highest BCUT2D eigenvalue weighted by molar-refractivity contribution is 7.92. The number of nitrogens with zero attached hydrogens (tertiary/aromatic N) is 2. The monoisotopic (exact) mass is 483 g/mol. The van der Waals surface area contributed by atoms with Crippen molar-refractivity contribution in [2.24, 2.45) is 0 Å². The number of nitrogens with one attached hydrogen (secondary N) is 1. The van der Waals surface area contributed by atoms with Gasteiger partial charge in [-0.25, -0.2) is 13.9 Å². The van der Waals surface area contributed by atoms with Crippen LogP contribution in [0.2, 0.25) is 0 Å². The van der Waals surface area contributed by atoms with Crippen LogP contribution in [0, 0.1) is 11.8 Å². The summed E-state index contributed by atoms with van der Waals surface area (Å²) in [4.78, 5) is 12.0. The molecule has 0 radical (unpaired) electrons. The highest BCUT2D eigenvalue weighted by Crippen LogP contribution is 2.29. The Labute approximate surface area is 197 Å². The molecule has 0 unspecified atom stereocenters. The van der Waals surface area contributed by atoms with E-state index in [2.05, 4.69) is 16.9 Å². The van der Waals surface area contributed by atoms with Gasteiger partial charge < -0.3 is 9.84 Å². The van der Waals surface area contributed by atoms with Crippen LogP contribution in [-0.4, -0.2) is 58.6 Å². The quantitative estimate of drug-likeness (QED) is 0.274. The molecule has 2 heterocycles. The maximum atomic E-state index is 12.2. The van der Waals surface area contributed by atoms with E-state index in [1.807, 2.05) is 42.5 Å². The Morgan fingerprint density at radius 1 is 1.21 bits per heavy atom. The molecule has 1 aliphatic heterocycles. The van der Waals surface area contributed by atoms with Gasteiger partial charge in [0.2, 0.25) is 0 Å². The molecule has 34 heavy (non-hydrogen) atoms. The van der Waals surface area contributed by atoms with Gasteiger partial charge in [0.1, 0.15) is 5.60 Å². The Morgan fingerprint density at radius 2 is 1.85 bits per heavy atom. The summed E-state index contributed by atoms with van der Waals surface area (Å²) in [6.45, 7) is 2.04. The van der Waals surface area contributed by atoms with E-state index in [1.54, 1.807) is 10.9 Å². The summed E-state index contributed by atoms with van der Waals surface area (Å²) < 4.78 is 29.2. The molecule has 4 rings (SSSR count). The first-order valence-electron chi connectivity index (χ1n) is 10.6. The van der Waals surface area contributed by atoms with E-state index in [1.165, 1.54) is 12.4 Å². The van der Waals surface area contributed by atoms with Crippen LogP contribution in [0.5, 0.6) is 0 Å². The topological polar surface area (TPSA) is 131 Å². The SMILES string of the molecule is C[C@@](CCn1ncc2cc(C#Cc3ccc(C4(O)COC4)cc3)ccc21)(C(=O)NO)S(C)(=O)=O. The van der Waals surface area contributed by atoms with Crippen molar-refractivity contribution in [1.82, 2.24) is 15.3 Å². The van der Waals surface area contributed by atoms with Crippen molar-refractivity contribution in [2.45, 2.75) is 30.2 Å². The average molecular weight is 484 g/mol. The van der Waals surface area contributed by atoms with Crippen molar-refractivity contribution in [3.63, 3.8) is 0 Å². The van der Waals surface area contributed by atoms with Gasteiger partial charge in [-0.2, -0.15) is 5.10 Å². The molecule has 1 atom stereocenters. The largest absolute Gasteiger partial charge is 0.380 e. The van der Waals surface area contributed by atoms with Crippen LogP contribution >= 0.6 is 0 Å². The molecule has 1 aliphatic rings. The Hall–Kier alpha value is -3.23. The summed E-state index contributed by atoms with van der Waals surface area (Å²) in [5, 5.41) is 24.4. The molecule has 10 heteroatoms. The molecular formula is C24H25N3O6S. The van der Waals surface area contributed by atoms with Gasteiger partial charge in [-0.3, -0.25) is 14.7 Å². The maximum absolute atomic E-state index is 12.2. The number of ether oxygens (including phenoxy) is 1. The molecule has 1 fully saturated rings. The van der Waals surface area contributed by atoms with E-state index in [0.29, 0.717) is 13.2 Å². The van der Waals surface area contributed by atoms with E-state index in [4.69, 9.17) is 9.94 Å². The number of hydrogen-bond donors (Lipinski definition) is 3. The zero-order chi connectivity index (χ0) is 24.6. The van der Waals surface area contributed by atoms with Gasteiger partial charge in [-0.05, 0) is 49.2 Å². The number of benzene rings is 2. The number of carbonyl (C=O) groups excluding carboxylic acids is 1. The van der Waals surface area contributed by atoms with Crippen LogP contribution in [0.1, 0.15) is 30.0 Å². The number of aryl methyl sites for hydroxylation is 1. The Morgan fingerprint density at radius 3 is 2.44 bits per heavy atom. The third kappa shape index (κ3) is 4.43. The average Bonchev–Trinajstić information content (AvgIpc) is 3.21. The van der Waals surface area contributed by atoms with Gasteiger partial charge in [-0.1, -0.05) is 24.0 Å². The smallest absolute Gasteiger partial charge is 0.264 e. The molecular weight excluding hydrogens is 458 g/mol. The Kier molecular flexibility index (Phi) is 6.22. The van der Waals surface area contributed by atoms with Crippen LogP contribution in [0.25, 0.3) is 10.9 Å². The van der Waals surface area contributed by atoms with Crippen LogP contribution in [0.4, 0.5) is 0 Å². The number of hydroxylamine groups is 1. The first-order chi connectivity index (χ1) is 16.1. The van der Waals surface area contributed by atoms with Gasteiger partial charge in [0, 0.05) is 29.3 Å². The van der Waals surface area contributed by atoms with Crippen molar-refractivity contribution in [3.05, 3.63) is 65.4 Å². The lowest BCUT2D eigenvalue weighted by atomic mass is 9.91. The number of aromatic nitrogens is 2. The number of rotatable bonds is 6. The van der Waals surface area contributed by atoms with Crippen molar-refractivity contribution >= 4 is 26.6 Å². The summed E-state index contributed by atoms with van der Waals surface area (Å²) >= 11 is 0. The van der Waals surface area contributed by atoms with Crippen molar-refractivity contribution in [1.29, 1.82) is 0 Å². The fraction of sp³-hybridized carbons (Fsp3) is 0.333. The van der Waals surface area contributed by atoms with Gasteiger partial charge in [-0.15, -0.1) is 0 Å². The normalized spacial score (nSPS) is 16.7. The molecule has 0 aliphatic carbocycles. The number of hydrogen-bond acceptors (Lipinski definition) is 7.